The van der Waals surface area contributed by atoms with Gasteiger partial charge in [0, 0.05) is 10.6 Å². The molecule has 1 aliphatic carbocycles. The van der Waals surface area contributed by atoms with Crippen molar-refractivity contribution in [2.45, 2.75) is 47.0 Å². The van der Waals surface area contributed by atoms with E-state index in [1.165, 1.54) is 10.4 Å². The molecule has 0 aliphatic heterocycles. The fourth-order valence-corrected chi connectivity index (χ4v) is 4.50. The predicted octanol–water partition coefficient (Wildman–Crippen LogP) is 5.22. The highest BCUT2D eigenvalue weighted by atomic mass is 32.1. The number of aryl methyl sites for hydroxylation is 1. The van der Waals surface area contributed by atoms with Crippen molar-refractivity contribution < 1.29 is 0 Å². The lowest BCUT2D eigenvalue weighted by Gasteiger charge is -2.33. The van der Waals surface area contributed by atoms with Gasteiger partial charge >= 0.3 is 0 Å². The number of fused-ring (bicyclic) bond motifs is 1. The summed E-state index contributed by atoms with van der Waals surface area (Å²) in [4.78, 5) is 10.4. The first-order valence-corrected chi connectivity index (χ1v) is 9.22. The molecule has 0 unspecified atom stereocenters. The third kappa shape index (κ3) is 3.42. The van der Waals surface area contributed by atoms with E-state index in [0.29, 0.717) is 11.3 Å². The van der Waals surface area contributed by atoms with Crippen LogP contribution in [0.1, 0.15) is 54.6 Å². The predicted molar refractivity (Wildman–Crippen MR) is 100 cm³/mol. The zero-order valence-electron chi connectivity index (χ0n) is 14.8. The third-order valence-corrected chi connectivity index (χ3v) is 5.97. The van der Waals surface area contributed by atoms with Crippen LogP contribution in [0.2, 0.25) is 0 Å². The van der Waals surface area contributed by atoms with E-state index in [1.807, 2.05) is 25.1 Å². The summed E-state index contributed by atoms with van der Waals surface area (Å²) < 4.78 is 0. The summed E-state index contributed by atoms with van der Waals surface area (Å²) in [6.45, 7) is 8.90. The Morgan fingerprint density at radius 1 is 1.38 bits per heavy atom. The van der Waals surface area contributed by atoms with Crippen molar-refractivity contribution in [1.82, 2.24) is 4.98 Å². The van der Waals surface area contributed by atoms with Gasteiger partial charge in [0.25, 0.3) is 0 Å². The number of rotatable bonds is 2. The number of aliphatic imine (C=N–C) groups is 1. The van der Waals surface area contributed by atoms with E-state index < -0.39 is 0 Å². The van der Waals surface area contributed by atoms with Gasteiger partial charge in [0.15, 0.2) is 0 Å². The quantitative estimate of drug-likeness (QED) is 0.705. The van der Waals surface area contributed by atoms with Gasteiger partial charge in [0.1, 0.15) is 11.1 Å². The van der Waals surface area contributed by atoms with Crippen molar-refractivity contribution >= 4 is 22.6 Å². The molecule has 24 heavy (non-hydrogen) atoms. The van der Waals surface area contributed by atoms with E-state index in [2.05, 4.69) is 36.8 Å². The van der Waals surface area contributed by atoms with E-state index in [1.54, 1.807) is 17.6 Å². The average molecular weight is 337 g/mol. The zero-order valence-corrected chi connectivity index (χ0v) is 15.6. The number of hydrogen-bond acceptors (Lipinski definition) is 4. The standard InChI is InChI=1S/C20H23N3S/c1-13-6-5-7-15(23-13)12-22-19-17(11-21)16-9-8-14(20(2,3)4)10-18(16)24-19/h5-7,12,14H,8-10H2,1-4H3/t14-/m0/s1. The second kappa shape index (κ2) is 6.49. The number of nitriles is 1. The number of hydrogen-bond donors (Lipinski definition) is 0. The van der Waals surface area contributed by atoms with Crippen LogP contribution in [-0.4, -0.2) is 11.2 Å². The van der Waals surface area contributed by atoms with Crippen LogP contribution in [0.4, 0.5) is 5.00 Å². The Morgan fingerprint density at radius 3 is 2.83 bits per heavy atom. The SMILES string of the molecule is Cc1cccc(C=Nc2sc3c(c2C#N)CC[C@H](C(C)(C)C)C3)n1. The van der Waals surface area contributed by atoms with Crippen LogP contribution in [0.15, 0.2) is 23.2 Å². The zero-order chi connectivity index (χ0) is 17.3. The molecule has 124 valence electrons. The van der Waals surface area contributed by atoms with Crippen molar-refractivity contribution in [1.29, 1.82) is 5.26 Å². The minimum absolute atomic E-state index is 0.309. The van der Waals surface area contributed by atoms with Gasteiger partial charge in [0.2, 0.25) is 0 Å². The van der Waals surface area contributed by atoms with Crippen molar-refractivity contribution in [3.63, 3.8) is 0 Å². The highest BCUT2D eigenvalue weighted by Gasteiger charge is 2.32. The van der Waals surface area contributed by atoms with Crippen molar-refractivity contribution in [2.75, 3.05) is 0 Å². The van der Waals surface area contributed by atoms with Crippen LogP contribution in [0.5, 0.6) is 0 Å². The molecule has 3 rings (SSSR count). The van der Waals surface area contributed by atoms with Crippen molar-refractivity contribution in [3.05, 3.63) is 45.6 Å². The molecular formula is C20H23N3S. The summed E-state index contributed by atoms with van der Waals surface area (Å²) in [6.07, 6.45) is 4.99. The molecule has 1 atom stereocenters. The molecule has 0 spiro atoms. The van der Waals surface area contributed by atoms with Crippen LogP contribution in [0, 0.1) is 29.6 Å². The lowest BCUT2D eigenvalue weighted by molar-refractivity contribution is 0.218. The second-order valence-corrected chi connectivity index (χ2v) is 8.65. The molecule has 0 saturated carbocycles. The number of nitrogens with zero attached hydrogens (tertiary/aromatic N) is 3. The number of thiophene rings is 1. The third-order valence-electron chi connectivity index (χ3n) is 4.81. The first-order valence-electron chi connectivity index (χ1n) is 8.41. The van der Waals surface area contributed by atoms with Crippen LogP contribution in [0.25, 0.3) is 0 Å². The molecule has 4 heteroatoms. The molecule has 0 saturated heterocycles. The monoisotopic (exact) mass is 337 g/mol. The molecular weight excluding hydrogens is 314 g/mol. The lowest BCUT2D eigenvalue weighted by Crippen LogP contribution is -2.26. The van der Waals surface area contributed by atoms with E-state index in [-0.39, 0.29) is 0 Å². The molecule has 2 heterocycles. The van der Waals surface area contributed by atoms with Gasteiger partial charge in [0.05, 0.1) is 17.5 Å². The van der Waals surface area contributed by atoms with Crippen molar-refractivity contribution in [2.24, 2.45) is 16.3 Å². The Hall–Kier alpha value is -1.99. The molecule has 0 aromatic carbocycles. The molecule has 2 aromatic rings. The lowest BCUT2D eigenvalue weighted by atomic mass is 9.72. The van der Waals surface area contributed by atoms with E-state index in [9.17, 15) is 5.26 Å². The van der Waals surface area contributed by atoms with Gasteiger partial charge in [-0.05, 0) is 55.2 Å². The van der Waals surface area contributed by atoms with E-state index >= 15 is 0 Å². The maximum Gasteiger partial charge on any atom is 0.134 e. The first kappa shape index (κ1) is 16.9. The Labute approximate surface area is 148 Å². The molecule has 0 radical (unpaired) electrons. The summed E-state index contributed by atoms with van der Waals surface area (Å²) in [5.41, 5.74) is 4.11. The van der Waals surface area contributed by atoms with Crippen molar-refractivity contribution in [3.8, 4) is 6.07 Å². The Kier molecular flexibility index (Phi) is 4.56. The molecule has 2 aromatic heterocycles. The summed E-state index contributed by atoms with van der Waals surface area (Å²) in [5.74, 6) is 0.672. The smallest absolute Gasteiger partial charge is 0.134 e. The first-order chi connectivity index (χ1) is 11.4. The van der Waals surface area contributed by atoms with Gasteiger partial charge in [-0.2, -0.15) is 5.26 Å². The maximum atomic E-state index is 9.60. The van der Waals surface area contributed by atoms with Gasteiger partial charge < -0.3 is 0 Å². The van der Waals surface area contributed by atoms with E-state index in [0.717, 1.165) is 41.2 Å². The minimum Gasteiger partial charge on any atom is -0.252 e. The Bertz CT molecular complexity index is 818. The van der Waals surface area contributed by atoms with Crippen LogP contribution in [-0.2, 0) is 12.8 Å². The molecule has 0 bridgehead atoms. The molecule has 0 N–H and O–H groups in total. The molecule has 3 nitrogen and oxygen atoms in total. The second-order valence-electron chi connectivity index (χ2n) is 7.56. The summed E-state index contributed by atoms with van der Waals surface area (Å²) in [6, 6.07) is 8.26. The number of pyridine rings is 1. The molecule has 0 fully saturated rings. The van der Waals surface area contributed by atoms with Crippen LogP contribution >= 0.6 is 11.3 Å². The Morgan fingerprint density at radius 2 is 2.17 bits per heavy atom. The summed E-state index contributed by atoms with van der Waals surface area (Å²) >= 11 is 1.68. The largest absolute Gasteiger partial charge is 0.252 e. The number of aromatic nitrogens is 1. The summed E-state index contributed by atoms with van der Waals surface area (Å²) in [5, 5.41) is 10.4. The van der Waals surface area contributed by atoms with Gasteiger partial charge in [-0.25, -0.2) is 4.99 Å². The molecule has 0 amide bonds. The van der Waals surface area contributed by atoms with Gasteiger partial charge in [-0.3, -0.25) is 4.98 Å². The van der Waals surface area contributed by atoms with E-state index in [4.69, 9.17) is 0 Å². The molecule has 1 aliphatic rings. The van der Waals surface area contributed by atoms with Crippen LogP contribution in [0.3, 0.4) is 0 Å². The normalized spacial score (nSPS) is 17.7. The maximum absolute atomic E-state index is 9.60. The van der Waals surface area contributed by atoms with Gasteiger partial charge in [-0.1, -0.05) is 26.8 Å². The van der Waals surface area contributed by atoms with Gasteiger partial charge in [-0.15, -0.1) is 11.3 Å². The Balaban J connectivity index is 1.91. The highest BCUT2D eigenvalue weighted by molar-refractivity contribution is 7.16. The van der Waals surface area contributed by atoms with Crippen LogP contribution < -0.4 is 0 Å². The fraction of sp³-hybridized carbons (Fsp3) is 0.450. The minimum atomic E-state index is 0.309. The topological polar surface area (TPSA) is 49.0 Å². The fourth-order valence-electron chi connectivity index (χ4n) is 3.28. The average Bonchev–Trinajstić information content (AvgIpc) is 2.88. The highest BCUT2D eigenvalue weighted by Crippen LogP contribution is 2.44. The summed E-state index contributed by atoms with van der Waals surface area (Å²) in [7, 11) is 0.